The first kappa shape index (κ1) is 11.0. The van der Waals surface area contributed by atoms with Crippen LogP contribution in [0.3, 0.4) is 0 Å². The second-order valence-corrected chi connectivity index (χ2v) is 4.01. The molecule has 0 fully saturated rings. The largest absolute Gasteiger partial charge is 0.480 e. The highest BCUT2D eigenvalue weighted by Gasteiger charge is 2.10. The summed E-state index contributed by atoms with van der Waals surface area (Å²) >= 11 is 1.61. The number of carboxylic acids is 1. The van der Waals surface area contributed by atoms with Gasteiger partial charge in [0.2, 0.25) is 0 Å². The van der Waals surface area contributed by atoms with Gasteiger partial charge in [-0.2, -0.15) is 0 Å². The zero-order chi connectivity index (χ0) is 10.6. The highest BCUT2D eigenvalue weighted by Crippen LogP contribution is 2.21. The second-order valence-electron chi connectivity index (χ2n) is 3.09. The maximum Gasteiger partial charge on any atom is 0.320 e. The van der Waals surface area contributed by atoms with Gasteiger partial charge in [0.1, 0.15) is 6.04 Å². The van der Waals surface area contributed by atoms with E-state index in [1.54, 1.807) is 11.3 Å². The number of nitrogens with two attached hydrogens (primary N) is 1. The van der Waals surface area contributed by atoms with Gasteiger partial charge in [0, 0.05) is 6.54 Å². The van der Waals surface area contributed by atoms with Gasteiger partial charge in [-0.3, -0.25) is 4.79 Å². The molecule has 0 aliphatic carbocycles. The Morgan fingerprint density at radius 3 is 3.00 bits per heavy atom. The van der Waals surface area contributed by atoms with Crippen molar-refractivity contribution in [2.45, 2.75) is 19.4 Å². The monoisotopic (exact) mass is 214 g/mol. The zero-order valence-corrected chi connectivity index (χ0v) is 8.80. The van der Waals surface area contributed by atoms with Crippen molar-refractivity contribution in [3.8, 4) is 0 Å². The molecular weight excluding hydrogens is 200 g/mol. The normalized spacial score (nSPS) is 12.4. The first-order valence-corrected chi connectivity index (χ1v) is 5.25. The minimum absolute atomic E-state index is 0.437. The fourth-order valence-electron chi connectivity index (χ4n) is 1.02. The lowest BCUT2D eigenvalue weighted by Gasteiger charge is -2.07. The molecule has 0 bridgehead atoms. The third-order valence-corrected chi connectivity index (χ3v) is 2.89. The molecule has 5 heteroatoms. The molecule has 1 aromatic heterocycles. The van der Waals surface area contributed by atoms with E-state index in [9.17, 15) is 4.79 Å². The number of hydrogen-bond acceptors (Lipinski definition) is 4. The molecule has 0 radical (unpaired) electrons. The van der Waals surface area contributed by atoms with Crippen molar-refractivity contribution < 1.29 is 9.90 Å². The van der Waals surface area contributed by atoms with E-state index in [1.165, 1.54) is 5.56 Å². The van der Waals surface area contributed by atoms with Crippen molar-refractivity contribution in [2.75, 3.05) is 11.9 Å². The molecule has 4 nitrogen and oxygen atoms in total. The van der Waals surface area contributed by atoms with Crippen molar-refractivity contribution in [3.63, 3.8) is 0 Å². The van der Waals surface area contributed by atoms with Crippen molar-refractivity contribution in [3.05, 3.63) is 17.0 Å². The van der Waals surface area contributed by atoms with E-state index >= 15 is 0 Å². The van der Waals surface area contributed by atoms with Gasteiger partial charge in [-0.1, -0.05) is 0 Å². The van der Waals surface area contributed by atoms with Gasteiger partial charge >= 0.3 is 5.97 Å². The standard InChI is InChI=1S/C9H14N2O2S/c1-6-3-5-14-8(6)11-4-2-7(10)9(12)13/h3,5,7,11H,2,4,10H2,1H3,(H,12,13). The number of rotatable bonds is 5. The van der Waals surface area contributed by atoms with Crippen LogP contribution in [0.1, 0.15) is 12.0 Å². The molecule has 1 unspecified atom stereocenters. The van der Waals surface area contributed by atoms with Crippen LogP contribution in [-0.2, 0) is 4.79 Å². The molecule has 78 valence electrons. The quantitative estimate of drug-likeness (QED) is 0.690. The predicted octanol–water partition coefficient (Wildman–Crippen LogP) is 1.27. The molecule has 0 spiro atoms. The van der Waals surface area contributed by atoms with E-state index in [0.29, 0.717) is 13.0 Å². The number of aryl methyl sites for hydroxylation is 1. The Kier molecular flexibility index (Phi) is 3.91. The summed E-state index contributed by atoms with van der Waals surface area (Å²) in [5, 5.41) is 14.8. The summed E-state index contributed by atoms with van der Waals surface area (Å²) in [6.07, 6.45) is 0.437. The van der Waals surface area contributed by atoms with Gasteiger partial charge in [0.05, 0.1) is 5.00 Å². The Morgan fingerprint density at radius 1 is 1.79 bits per heavy atom. The summed E-state index contributed by atoms with van der Waals surface area (Å²) in [4.78, 5) is 10.4. The number of nitrogens with one attached hydrogen (secondary N) is 1. The smallest absolute Gasteiger partial charge is 0.320 e. The average Bonchev–Trinajstić information content (AvgIpc) is 2.51. The van der Waals surface area contributed by atoms with Crippen LogP contribution < -0.4 is 11.1 Å². The first-order chi connectivity index (χ1) is 6.61. The number of aliphatic carboxylic acids is 1. The third kappa shape index (κ3) is 3.01. The first-order valence-electron chi connectivity index (χ1n) is 4.37. The van der Waals surface area contributed by atoms with E-state index in [4.69, 9.17) is 10.8 Å². The number of anilines is 1. The van der Waals surface area contributed by atoms with Crippen LogP contribution in [0.5, 0.6) is 0 Å². The fraction of sp³-hybridized carbons (Fsp3) is 0.444. The van der Waals surface area contributed by atoms with E-state index < -0.39 is 12.0 Å². The highest BCUT2D eigenvalue weighted by atomic mass is 32.1. The van der Waals surface area contributed by atoms with Crippen LogP contribution >= 0.6 is 11.3 Å². The summed E-state index contributed by atoms with van der Waals surface area (Å²) in [5.41, 5.74) is 6.54. The number of hydrogen-bond donors (Lipinski definition) is 3. The van der Waals surface area contributed by atoms with Crippen LogP contribution in [0.4, 0.5) is 5.00 Å². The molecule has 0 aliphatic rings. The second kappa shape index (κ2) is 4.97. The lowest BCUT2D eigenvalue weighted by Crippen LogP contribution is -2.32. The lowest BCUT2D eigenvalue weighted by atomic mass is 10.2. The van der Waals surface area contributed by atoms with Crippen LogP contribution in [-0.4, -0.2) is 23.7 Å². The molecule has 0 amide bonds. The zero-order valence-electron chi connectivity index (χ0n) is 7.99. The van der Waals surface area contributed by atoms with E-state index in [0.717, 1.165) is 5.00 Å². The van der Waals surface area contributed by atoms with Crippen LogP contribution in [0.25, 0.3) is 0 Å². The van der Waals surface area contributed by atoms with Crippen molar-refractivity contribution in [2.24, 2.45) is 5.73 Å². The molecule has 0 aromatic carbocycles. The summed E-state index contributed by atoms with van der Waals surface area (Å²) in [7, 11) is 0. The molecule has 1 heterocycles. The third-order valence-electron chi connectivity index (χ3n) is 1.92. The van der Waals surface area contributed by atoms with Crippen molar-refractivity contribution in [1.82, 2.24) is 0 Å². The Balaban J connectivity index is 2.29. The van der Waals surface area contributed by atoms with E-state index in [2.05, 4.69) is 5.32 Å². The van der Waals surface area contributed by atoms with Gasteiger partial charge in [-0.25, -0.2) is 0 Å². The van der Waals surface area contributed by atoms with Gasteiger partial charge in [-0.05, 0) is 30.4 Å². The molecule has 1 rings (SSSR count). The Labute approximate surface area is 86.7 Å². The van der Waals surface area contributed by atoms with Gasteiger partial charge in [-0.15, -0.1) is 11.3 Å². The number of carboxylic acid groups (broad SMARTS) is 1. The SMILES string of the molecule is Cc1ccsc1NCCC(N)C(=O)O. The molecule has 1 atom stereocenters. The molecule has 4 N–H and O–H groups in total. The Hall–Kier alpha value is -1.07. The number of carbonyl (C=O) groups is 1. The fourth-order valence-corrected chi connectivity index (χ4v) is 1.87. The van der Waals surface area contributed by atoms with Gasteiger partial charge in [0.15, 0.2) is 0 Å². The topological polar surface area (TPSA) is 75.3 Å². The summed E-state index contributed by atoms with van der Waals surface area (Å²) < 4.78 is 0. The Bertz CT molecular complexity index is 312. The van der Waals surface area contributed by atoms with Gasteiger partial charge in [0.25, 0.3) is 0 Å². The molecule has 0 saturated carbocycles. The summed E-state index contributed by atoms with van der Waals surface area (Å²) in [6, 6.07) is 1.24. The maximum atomic E-state index is 10.4. The van der Waals surface area contributed by atoms with Crippen LogP contribution in [0, 0.1) is 6.92 Å². The van der Waals surface area contributed by atoms with E-state index in [1.807, 2.05) is 18.4 Å². The molecule has 14 heavy (non-hydrogen) atoms. The maximum absolute atomic E-state index is 10.4. The van der Waals surface area contributed by atoms with Crippen molar-refractivity contribution in [1.29, 1.82) is 0 Å². The summed E-state index contributed by atoms with van der Waals surface area (Å²) in [5.74, 6) is -0.949. The average molecular weight is 214 g/mol. The predicted molar refractivity (Wildman–Crippen MR) is 57.8 cm³/mol. The molecular formula is C9H14N2O2S. The minimum atomic E-state index is -0.949. The van der Waals surface area contributed by atoms with Crippen molar-refractivity contribution >= 4 is 22.3 Å². The van der Waals surface area contributed by atoms with E-state index in [-0.39, 0.29) is 0 Å². The molecule has 1 aromatic rings. The minimum Gasteiger partial charge on any atom is -0.480 e. The highest BCUT2D eigenvalue weighted by molar-refractivity contribution is 7.14. The molecule has 0 saturated heterocycles. The lowest BCUT2D eigenvalue weighted by molar-refractivity contribution is -0.138. The molecule has 0 aliphatic heterocycles. The number of thiophene rings is 1. The van der Waals surface area contributed by atoms with Gasteiger partial charge < -0.3 is 16.2 Å². The van der Waals surface area contributed by atoms with Crippen LogP contribution in [0.2, 0.25) is 0 Å². The summed E-state index contributed by atoms with van der Waals surface area (Å²) in [6.45, 7) is 2.60. The Morgan fingerprint density at radius 2 is 2.50 bits per heavy atom. The van der Waals surface area contributed by atoms with Crippen LogP contribution in [0.15, 0.2) is 11.4 Å².